The summed E-state index contributed by atoms with van der Waals surface area (Å²) in [5.41, 5.74) is 0. The van der Waals surface area contributed by atoms with Gasteiger partial charge in [-0.15, -0.1) is 0 Å². The molecule has 0 saturated carbocycles. The zero-order valence-corrected chi connectivity index (χ0v) is 12.5. The molecule has 2 aliphatic rings. The zero-order chi connectivity index (χ0) is 13.7. The van der Waals surface area contributed by atoms with Crippen molar-refractivity contribution in [3.63, 3.8) is 0 Å². The number of carbonyl (C=O) groups excluding carboxylic acids is 1. The average Bonchev–Trinajstić information content (AvgIpc) is 2.60. The van der Waals surface area contributed by atoms with Gasteiger partial charge in [0, 0.05) is 25.7 Å². The molecule has 5 nitrogen and oxygen atoms in total. The molecule has 2 N–H and O–H groups in total. The third kappa shape index (κ3) is 4.90. The summed E-state index contributed by atoms with van der Waals surface area (Å²) in [4.78, 5) is 24.6. The molecule has 1 atom stereocenters. The minimum atomic E-state index is -3.09. The summed E-state index contributed by atoms with van der Waals surface area (Å²) in [6.45, 7) is 3.26. The van der Waals surface area contributed by atoms with Crippen molar-refractivity contribution in [1.82, 2.24) is 4.90 Å². The van der Waals surface area contributed by atoms with Crippen molar-refractivity contribution in [1.29, 1.82) is 0 Å². The van der Waals surface area contributed by atoms with Crippen LogP contribution in [-0.2, 0) is 9.36 Å². The molecule has 0 spiro atoms. The van der Waals surface area contributed by atoms with E-state index in [0.717, 1.165) is 26.1 Å². The molecule has 2 rings (SSSR count). The zero-order valence-electron chi connectivity index (χ0n) is 11.6. The maximum absolute atomic E-state index is 12.3. The largest absolute Gasteiger partial charge is 0.342 e. The number of rotatable bonds is 5. The van der Waals surface area contributed by atoms with Crippen molar-refractivity contribution >= 4 is 13.3 Å². The van der Waals surface area contributed by atoms with Crippen LogP contribution in [0.4, 0.5) is 0 Å². The molecule has 2 heterocycles. The van der Waals surface area contributed by atoms with Gasteiger partial charge in [-0.05, 0) is 32.1 Å². The molecule has 0 aliphatic carbocycles. The second-order valence-electron chi connectivity index (χ2n) is 5.88. The van der Waals surface area contributed by atoms with Crippen LogP contribution in [0.3, 0.4) is 0 Å². The van der Waals surface area contributed by atoms with E-state index in [0.29, 0.717) is 19.3 Å². The van der Waals surface area contributed by atoms with Crippen molar-refractivity contribution < 1.29 is 19.2 Å². The summed E-state index contributed by atoms with van der Waals surface area (Å²) in [6.07, 6.45) is 6.99. The smallest absolute Gasteiger partial charge is 0.254 e. The first-order chi connectivity index (χ1) is 9.07. The Morgan fingerprint density at radius 2 is 1.84 bits per heavy atom. The van der Waals surface area contributed by atoms with Gasteiger partial charge in [0.05, 0.1) is 13.1 Å². The standard InChI is InChI=1S/C13H25N2O3P/c16-13-6-5-9-15(13)10-11-19(17,18)12-14-7-3-1-2-4-8-14/h1-12H2,(H,17,18)/p+1. The first kappa shape index (κ1) is 15.0. The number of amides is 1. The van der Waals surface area contributed by atoms with E-state index < -0.39 is 7.37 Å². The molecular weight excluding hydrogens is 263 g/mol. The molecule has 6 heteroatoms. The highest BCUT2D eigenvalue weighted by Gasteiger charge is 2.29. The Balaban J connectivity index is 1.77. The van der Waals surface area contributed by atoms with E-state index in [1.165, 1.54) is 30.6 Å². The molecule has 0 bridgehead atoms. The second-order valence-corrected chi connectivity index (χ2v) is 8.33. The third-order valence-electron chi connectivity index (χ3n) is 4.17. The molecule has 110 valence electrons. The van der Waals surface area contributed by atoms with Gasteiger partial charge in [-0.1, -0.05) is 0 Å². The van der Waals surface area contributed by atoms with Gasteiger partial charge in [0.15, 0.2) is 6.29 Å². The highest BCUT2D eigenvalue weighted by molar-refractivity contribution is 7.57. The van der Waals surface area contributed by atoms with Gasteiger partial charge in [0.25, 0.3) is 7.37 Å². The Morgan fingerprint density at radius 3 is 2.42 bits per heavy atom. The average molecular weight is 289 g/mol. The van der Waals surface area contributed by atoms with Gasteiger partial charge in [0.1, 0.15) is 0 Å². The quantitative estimate of drug-likeness (QED) is 0.715. The van der Waals surface area contributed by atoms with E-state index in [1.807, 2.05) is 0 Å². The van der Waals surface area contributed by atoms with Gasteiger partial charge in [-0.25, -0.2) is 0 Å². The van der Waals surface area contributed by atoms with Gasteiger partial charge >= 0.3 is 0 Å². The van der Waals surface area contributed by atoms with Crippen molar-refractivity contribution in [2.45, 2.75) is 38.5 Å². The second kappa shape index (κ2) is 6.87. The molecule has 0 aromatic carbocycles. The topological polar surface area (TPSA) is 62.0 Å². The lowest BCUT2D eigenvalue weighted by atomic mass is 10.2. The summed E-state index contributed by atoms with van der Waals surface area (Å²) in [7, 11) is -3.09. The third-order valence-corrected chi connectivity index (χ3v) is 6.01. The summed E-state index contributed by atoms with van der Waals surface area (Å²) in [6, 6.07) is 0. The summed E-state index contributed by atoms with van der Waals surface area (Å²) in [5.74, 6) is 0.141. The predicted molar refractivity (Wildman–Crippen MR) is 74.5 cm³/mol. The van der Waals surface area contributed by atoms with Crippen LogP contribution in [0.25, 0.3) is 0 Å². The number of likely N-dealkylation sites (tertiary alicyclic amines) is 2. The van der Waals surface area contributed by atoms with Crippen LogP contribution in [0.2, 0.25) is 0 Å². The fourth-order valence-corrected chi connectivity index (χ4v) is 4.76. The van der Waals surface area contributed by atoms with Crippen LogP contribution in [0.5, 0.6) is 0 Å². The molecule has 0 aromatic rings. The maximum atomic E-state index is 12.3. The van der Waals surface area contributed by atoms with Crippen LogP contribution in [0.15, 0.2) is 0 Å². The first-order valence-corrected chi connectivity index (χ1v) is 9.52. The molecule has 19 heavy (non-hydrogen) atoms. The lowest BCUT2D eigenvalue weighted by Crippen LogP contribution is -3.11. The normalized spacial score (nSPS) is 25.3. The van der Waals surface area contributed by atoms with Crippen LogP contribution in [0.1, 0.15) is 38.5 Å². The predicted octanol–water partition coefficient (Wildman–Crippen LogP) is 0.296. The Bertz CT molecular complexity index is 354. The number of quaternary nitrogens is 1. The number of carbonyl (C=O) groups is 1. The lowest BCUT2D eigenvalue weighted by molar-refractivity contribution is -0.888. The van der Waals surface area contributed by atoms with Gasteiger partial charge in [-0.3, -0.25) is 9.36 Å². The lowest BCUT2D eigenvalue weighted by Gasteiger charge is -2.22. The molecule has 0 radical (unpaired) electrons. The monoisotopic (exact) mass is 289 g/mol. The Morgan fingerprint density at radius 1 is 1.16 bits per heavy atom. The van der Waals surface area contributed by atoms with Crippen LogP contribution in [0, 0.1) is 0 Å². The number of hydrogen-bond donors (Lipinski definition) is 2. The summed E-state index contributed by atoms with van der Waals surface area (Å²) < 4.78 is 12.3. The highest BCUT2D eigenvalue weighted by atomic mass is 31.2. The van der Waals surface area contributed by atoms with Crippen molar-refractivity contribution in [2.75, 3.05) is 38.6 Å². The Labute approximate surface area is 115 Å². The molecule has 2 saturated heterocycles. The minimum absolute atomic E-state index is 0.141. The fraction of sp³-hybridized carbons (Fsp3) is 0.923. The van der Waals surface area contributed by atoms with Crippen molar-refractivity contribution in [2.24, 2.45) is 0 Å². The van der Waals surface area contributed by atoms with Crippen molar-refractivity contribution in [3.05, 3.63) is 0 Å². The van der Waals surface area contributed by atoms with E-state index in [4.69, 9.17) is 0 Å². The Hall–Kier alpha value is -0.380. The summed E-state index contributed by atoms with van der Waals surface area (Å²) >= 11 is 0. The molecular formula is C13H26N2O3P+. The van der Waals surface area contributed by atoms with E-state index >= 15 is 0 Å². The van der Waals surface area contributed by atoms with E-state index in [-0.39, 0.29) is 12.1 Å². The minimum Gasteiger partial charge on any atom is -0.342 e. The molecule has 1 unspecified atom stereocenters. The van der Waals surface area contributed by atoms with E-state index in [2.05, 4.69) is 0 Å². The first-order valence-electron chi connectivity index (χ1n) is 7.49. The number of hydrogen-bond acceptors (Lipinski definition) is 2. The fourth-order valence-electron chi connectivity index (χ4n) is 3.03. The van der Waals surface area contributed by atoms with Gasteiger partial charge in [-0.2, -0.15) is 0 Å². The SMILES string of the molecule is O=C1CCCN1CCP(=O)(O)C[NH+]1CCCCCC1. The molecule has 2 aliphatic heterocycles. The maximum Gasteiger partial charge on any atom is 0.254 e. The van der Waals surface area contributed by atoms with Gasteiger partial charge < -0.3 is 14.7 Å². The molecule has 0 aromatic heterocycles. The van der Waals surface area contributed by atoms with Crippen LogP contribution < -0.4 is 4.90 Å². The number of nitrogens with one attached hydrogen (secondary N) is 1. The van der Waals surface area contributed by atoms with Gasteiger partial charge in [0.2, 0.25) is 5.91 Å². The van der Waals surface area contributed by atoms with Crippen LogP contribution in [-0.4, -0.2) is 54.3 Å². The molecule has 1 amide bonds. The number of nitrogens with zero attached hydrogens (tertiary/aromatic N) is 1. The summed E-state index contributed by atoms with van der Waals surface area (Å²) in [5, 5.41) is 0. The van der Waals surface area contributed by atoms with E-state index in [1.54, 1.807) is 4.90 Å². The van der Waals surface area contributed by atoms with Crippen LogP contribution >= 0.6 is 7.37 Å². The van der Waals surface area contributed by atoms with Crippen molar-refractivity contribution in [3.8, 4) is 0 Å². The molecule has 2 fully saturated rings. The van der Waals surface area contributed by atoms with E-state index in [9.17, 15) is 14.3 Å². The Kier molecular flexibility index (Phi) is 5.43. The highest BCUT2D eigenvalue weighted by Crippen LogP contribution is 2.37.